The van der Waals surface area contributed by atoms with Crippen LogP contribution in [-0.4, -0.2) is 10.1 Å². The minimum absolute atomic E-state index is 0.262. The summed E-state index contributed by atoms with van der Waals surface area (Å²) in [7, 11) is 0. The average Bonchev–Trinajstić information content (AvgIpc) is 2.71. The molecule has 0 amide bonds. The maximum atomic E-state index is 11.3. The predicted molar refractivity (Wildman–Crippen MR) is 65.1 cm³/mol. The Kier molecular flexibility index (Phi) is 2.23. The molecule has 3 aromatic rings. The number of hydrogen-bond acceptors (Lipinski definition) is 3. The zero-order valence-corrected chi connectivity index (χ0v) is 9.36. The summed E-state index contributed by atoms with van der Waals surface area (Å²) in [6.07, 6.45) is 0. The minimum Gasteiger partial charge on any atom is -0.358 e. The number of nitrogens with zero attached hydrogens (tertiary/aromatic N) is 1. The van der Waals surface area contributed by atoms with Crippen molar-refractivity contribution in [2.45, 2.75) is 0 Å². The maximum absolute atomic E-state index is 11.3. The highest BCUT2D eigenvalue weighted by Gasteiger charge is 2.11. The zero-order chi connectivity index (χ0) is 11.8. The molecule has 0 saturated carbocycles. The Morgan fingerprint density at radius 3 is 2.76 bits per heavy atom. The molecule has 17 heavy (non-hydrogen) atoms. The highest BCUT2D eigenvalue weighted by Crippen LogP contribution is 2.27. The van der Waals surface area contributed by atoms with Crippen LogP contribution < -0.4 is 5.56 Å². The first-order valence-electron chi connectivity index (χ1n) is 4.99. The van der Waals surface area contributed by atoms with Gasteiger partial charge < -0.3 is 4.52 Å². The van der Waals surface area contributed by atoms with Crippen molar-refractivity contribution in [3.05, 3.63) is 51.8 Å². The number of nitrogens with one attached hydrogen (secondary N) is 1. The van der Waals surface area contributed by atoms with Crippen LogP contribution in [0.2, 0.25) is 5.02 Å². The summed E-state index contributed by atoms with van der Waals surface area (Å²) in [5, 5.41) is 3.01. The molecule has 0 fully saturated rings. The molecule has 2 aromatic heterocycles. The lowest BCUT2D eigenvalue weighted by atomic mass is 10.1. The molecule has 3 rings (SSSR count). The van der Waals surface area contributed by atoms with Crippen molar-refractivity contribution in [1.82, 2.24) is 10.1 Å². The van der Waals surface area contributed by atoms with E-state index >= 15 is 0 Å². The van der Waals surface area contributed by atoms with Crippen LogP contribution in [0.25, 0.3) is 22.4 Å². The van der Waals surface area contributed by atoms with Gasteiger partial charge in [-0.05, 0) is 6.07 Å². The van der Waals surface area contributed by atoms with E-state index in [2.05, 4.69) is 10.1 Å². The van der Waals surface area contributed by atoms with Crippen molar-refractivity contribution >= 4 is 22.7 Å². The summed E-state index contributed by atoms with van der Waals surface area (Å²) < 4.78 is 4.96. The van der Waals surface area contributed by atoms with Crippen molar-refractivity contribution < 1.29 is 4.52 Å². The molecule has 0 spiro atoms. The molecule has 4 nitrogen and oxygen atoms in total. The van der Waals surface area contributed by atoms with E-state index < -0.39 is 0 Å². The SMILES string of the molecule is O=c1[nH]oc2nc(-c3ccccc3)c(Cl)cc12. The lowest BCUT2D eigenvalue weighted by molar-refractivity contribution is 0.442. The predicted octanol–water partition coefficient (Wildman–Crippen LogP) is 2.84. The Morgan fingerprint density at radius 2 is 2.00 bits per heavy atom. The summed E-state index contributed by atoms with van der Waals surface area (Å²) in [5.41, 5.74) is 1.41. The van der Waals surface area contributed by atoms with Crippen molar-refractivity contribution in [1.29, 1.82) is 0 Å². The molecule has 0 atom stereocenters. The monoisotopic (exact) mass is 246 g/mol. The van der Waals surface area contributed by atoms with Crippen molar-refractivity contribution in [3.63, 3.8) is 0 Å². The quantitative estimate of drug-likeness (QED) is 0.718. The number of halogens is 1. The van der Waals surface area contributed by atoms with Crippen molar-refractivity contribution in [2.24, 2.45) is 0 Å². The molecule has 84 valence electrons. The van der Waals surface area contributed by atoms with Crippen LogP contribution in [0.3, 0.4) is 0 Å². The zero-order valence-electron chi connectivity index (χ0n) is 8.61. The molecule has 2 heterocycles. The summed E-state index contributed by atoms with van der Waals surface area (Å²) in [6.45, 7) is 0. The van der Waals surface area contributed by atoms with Gasteiger partial charge in [-0.15, -0.1) is 0 Å². The van der Waals surface area contributed by atoms with Gasteiger partial charge in [-0.3, -0.25) is 4.79 Å². The number of hydrogen-bond donors (Lipinski definition) is 1. The first kappa shape index (κ1) is 10.1. The molecule has 0 aliphatic carbocycles. The van der Waals surface area contributed by atoms with Crippen LogP contribution >= 0.6 is 11.6 Å². The third-order valence-corrected chi connectivity index (χ3v) is 2.76. The maximum Gasteiger partial charge on any atom is 0.289 e. The second-order valence-corrected chi connectivity index (χ2v) is 3.98. The minimum atomic E-state index is -0.325. The Morgan fingerprint density at radius 1 is 1.24 bits per heavy atom. The Labute approximate surface area is 101 Å². The first-order chi connectivity index (χ1) is 8.25. The molecular weight excluding hydrogens is 240 g/mol. The van der Waals surface area contributed by atoms with Gasteiger partial charge in [-0.1, -0.05) is 41.9 Å². The van der Waals surface area contributed by atoms with Gasteiger partial charge in [0.05, 0.1) is 10.7 Å². The standard InChI is InChI=1S/C12H7ClN2O2/c13-9-6-8-11(16)15-17-12(8)14-10(9)7-4-2-1-3-5-7/h1-6H,(H,15,16). The summed E-state index contributed by atoms with van der Waals surface area (Å²) in [6, 6.07) is 11.0. The summed E-state index contributed by atoms with van der Waals surface area (Å²) >= 11 is 6.11. The van der Waals surface area contributed by atoms with Gasteiger partial charge >= 0.3 is 0 Å². The smallest absolute Gasteiger partial charge is 0.289 e. The molecule has 0 saturated heterocycles. The van der Waals surface area contributed by atoms with Crippen molar-refractivity contribution in [3.8, 4) is 11.3 Å². The topological polar surface area (TPSA) is 58.9 Å². The number of pyridine rings is 1. The summed E-state index contributed by atoms with van der Waals surface area (Å²) in [4.78, 5) is 15.6. The van der Waals surface area contributed by atoms with Gasteiger partial charge in [0, 0.05) is 5.56 Å². The van der Waals surface area contributed by atoms with Gasteiger partial charge in [-0.2, -0.15) is 5.16 Å². The highest BCUT2D eigenvalue weighted by atomic mass is 35.5. The normalized spacial score (nSPS) is 10.9. The molecule has 1 aromatic carbocycles. The Balaban J connectivity index is 2.31. The molecule has 0 radical (unpaired) electrons. The van der Waals surface area contributed by atoms with E-state index in [1.807, 2.05) is 30.3 Å². The molecule has 1 N–H and O–H groups in total. The molecule has 0 unspecified atom stereocenters. The molecule has 0 bridgehead atoms. The fourth-order valence-electron chi connectivity index (χ4n) is 1.66. The van der Waals surface area contributed by atoms with Crippen LogP contribution in [0.1, 0.15) is 0 Å². The van der Waals surface area contributed by atoms with E-state index in [4.69, 9.17) is 16.1 Å². The van der Waals surface area contributed by atoms with E-state index in [0.29, 0.717) is 16.1 Å². The highest BCUT2D eigenvalue weighted by molar-refractivity contribution is 6.33. The van der Waals surface area contributed by atoms with E-state index in [-0.39, 0.29) is 11.3 Å². The number of fused-ring (bicyclic) bond motifs is 1. The van der Waals surface area contributed by atoms with Gasteiger partial charge in [0.1, 0.15) is 5.39 Å². The molecule has 0 aliphatic heterocycles. The van der Waals surface area contributed by atoms with Crippen LogP contribution in [0.5, 0.6) is 0 Å². The molecule has 0 aliphatic rings. The lowest BCUT2D eigenvalue weighted by Crippen LogP contribution is -1.97. The van der Waals surface area contributed by atoms with Crippen LogP contribution in [0.4, 0.5) is 0 Å². The Hall–Kier alpha value is -2.07. The fourth-order valence-corrected chi connectivity index (χ4v) is 1.92. The molecular formula is C12H7ClN2O2. The van der Waals surface area contributed by atoms with E-state index in [1.54, 1.807) is 6.07 Å². The van der Waals surface area contributed by atoms with Crippen LogP contribution in [0, 0.1) is 0 Å². The van der Waals surface area contributed by atoms with Crippen LogP contribution in [0.15, 0.2) is 45.7 Å². The number of aromatic amines is 1. The van der Waals surface area contributed by atoms with E-state index in [1.165, 1.54) is 0 Å². The lowest BCUT2D eigenvalue weighted by Gasteiger charge is -2.02. The number of H-pyrrole nitrogens is 1. The summed E-state index contributed by atoms with van der Waals surface area (Å²) in [5.74, 6) is 0. The van der Waals surface area contributed by atoms with Gasteiger partial charge in [-0.25, -0.2) is 4.98 Å². The first-order valence-corrected chi connectivity index (χ1v) is 5.36. The number of benzene rings is 1. The largest absolute Gasteiger partial charge is 0.358 e. The third kappa shape index (κ3) is 1.62. The van der Waals surface area contributed by atoms with Gasteiger partial charge in [0.15, 0.2) is 0 Å². The van der Waals surface area contributed by atoms with Crippen LogP contribution in [-0.2, 0) is 0 Å². The third-order valence-electron chi connectivity index (χ3n) is 2.47. The Bertz CT molecular complexity index is 731. The number of aromatic nitrogens is 2. The molecule has 5 heteroatoms. The van der Waals surface area contributed by atoms with Gasteiger partial charge in [0.2, 0.25) is 0 Å². The van der Waals surface area contributed by atoms with Crippen molar-refractivity contribution in [2.75, 3.05) is 0 Å². The van der Waals surface area contributed by atoms with Gasteiger partial charge in [0.25, 0.3) is 11.3 Å². The second-order valence-electron chi connectivity index (χ2n) is 3.57. The average molecular weight is 247 g/mol. The second kappa shape index (κ2) is 3.75. The van der Waals surface area contributed by atoms with E-state index in [0.717, 1.165) is 5.56 Å². The number of rotatable bonds is 1. The fraction of sp³-hybridized carbons (Fsp3) is 0. The van der Waals surface area contributed by atoms with E-state index in [9.17, 15) is 4.79 Å².